The molecule has 2 rings (SSSR count). The SMILES string of the molecule is O=C([O-])C1CCN(c2ccccc2)CC1. The third-order valence-electron chi connectivity index (χ3n) is 2.95. The van der Waals surface area contributed by atoms with E-state index >= 15 is 0 Å². The summed E-state index contributed by atoms with van der Waals surface area (Å²) in [6.45, 7) is 1.62. The molecule has 1 aromatic rings. The maximum atomic E-state index is 10.7. The number of carbonyl (C=O) groups excluding carboxylic acids is 1. The Kier molecular flexibility index (Phi) is 2.90. The molecule has 0 aliphatic carbocycles. The number of benzene rings is 1. The van der Waals surface area contributed by atoms with Crippen molar-refractivity contribution in [3.05, 3.63) is 30.3 Å². The van der Waals surface area contributed by atoms with Crippen LogP contribution in [-0.4, -0.2) is 19.1 Å². The van der Waals surface area contributed by atoms with Gasteiger partial charge in [0.1, 0.15) is 0 Å². The van der Waals surface area contributed by atoms with Crippen molar-refractivity contribution in [1.82, 2.24) is 0 Å². The molecule has 3 nitrogen and oxygen atoms in total. The zero-order valence-electron chi connectivity index (χ0n) is 8.56. The van der Waals surface area contributed by atoms with Crippen LogP contribution >= 0.6 is 0 Å². The fourth-order valence-corrected chi connectivity index (χ4v) is 2.01. The standard InChI is InChI=1S/C12H15NO2/c14-12(15)10-6-8-13(9-7-10)11-4-2-1-3-5-11/h1-5,10H,6-9H2,(H,14,15)/p-1. The van der Waals surface area contributed by atoms with Crippen molar-refractivity contribution in [1.29, 1.82) is 0 Å². The zero-order valence-corrected chi connectivity index (χ0v) is 8.56. The summed E-state index contributed by atoms with van der Waals surface area (Å²) in [5.41, 5.74) is 1.18. The lowest BCUT2D eigenvalue weighted by Crippen LogP contribution is -2.41. The van der Waals surface area contributed by atoms with Gasteiger partial charge in [-0.15, -0.1) is 0 Å². The van der Waals surface area contributed by atoms with Crippen molar-refractivity contribution in [3.63, 3.8) is 0 Å². The van der Waals surface area contributed by atoms with Crippen molar-refractivity contribution in [3.8, 4) is 0 Å². The summed E-state index contributed by atoms with van der Waals surface area (Å²) in [7, 11) is 0. The summed E-state index contributed by atoms with van der Waals surface area (Å²) in [5, 5.41) is 10.7. The second-order valence-corrected chi connectivity index (χ2v) is 3.92. The van der Waals surface area contributed by atoms with E-state index in [-0.39, 0.29) is 5.92 Å². The molecule has 0 unspecified atom stereocenters. The van der Waals surface area contributed by atoms with Gasteiger partial charge in [0.25, 0.3) is 0 Å². The van der Waals surface area contributed by atoms with Crippen molar-refractivity contribution in [2.24, 2.45) is 5.92 Å². The van der Waals surface area contributed by atoms with Crippen molar-refractivity contribution < 1.29 is 9.90 Å². The maximum absolute atomic E-state index is 10.7. The Hall–Kier alpha value is -1.51. The van der Waals surface area contributed by atoms with Crippen LogP contribution in [0.2, 0.25) is 0 Å². The van der Waals surface area contributed by atoms with E-state index in [0.717, 1.165) is 13.1 Å². The molecule has 1 aliphatic heterocycles. The van der Waals surface area contributed by atoms with E-state index in [4.69, 9.17) is 0 Å². The number of para-hydroxylation sites is 1. The summed E-state index contributed by atoms with van der Waals surface area (Å²) < 4.78 is 0. The molecule has 1 aliphatic rings. The first-order valence-electron chi connectivity index (χ1n) is 5.28. The Balaban J connectivity index is 1.97. The monoisotopic (exact) mass is 204 g/mol. The second kappa shape index (κ2) is 4.34. The summed E-state index contributed by atoms with van der Waals surface area (Å²) in [5.74, 6) is -1.16. The highest BCUT2D eigenvalue weighted by Crippen LogP contribution is 2.22. The van der Waals surface area contributed by atoms with Gasteiger partial charge in [-0.2, -0.15) is 0 Å². The van der Waals surface area contributed by atoms with Gasteiger partial charge in [0.15, 0.2) is 0 Å². The van der Waals surface area contributed by atoms with Crippen LogP contribution in [0.4, 0.5) is 5.69 Å². The van der Waals surface area contributed by atoms with Crippen LogP contribution in [0.5, 0.6) is 0 Å². The van der Waals surface area contributed by atoms with E-state index in [1.165, 1.54) is 5.69 Å². The van der Waals surface area contributed by atoms with Gasteiger partial charge >= 0.3 is 0 Å². The van der Waals surface area contributed by atoms with Crippen LogP contribution in [0, 0.1) is 5.92 Å². The average molecular weight is 204 g/mol. The molecule has 0 amide bonds. The van der Waals surface area contributed by atoms with Crippen LogP contribution in [0.3, 0.4) is 0 Å². The van der Waals surface area contributed by atoms with Crippen LogP contribution in [0.1, 0.15) is 12.8 Å². The normalized spacial score (nSPS) is 17.7. The quantitative estimate of drug-likeness (QED) is 0.710. The topological polar surface area (TPSA) is 43.4 Å². The minimum atomic E-state index is -0.900. The highest BCUT2D eigenvalue weighted by molar-refractivity contribution is 5.68. The van der Waals surface area contributed by atoms with E-state index in [0.29, 0.717) is 12.8 Å². The molecule has 0 N–H and O–H groups in total. The number of nitrogens with zero attached hydrogens (tertiary/aromatic N) is 1. The van der Waals surface area contributed by atoms with Crippen LogP contribution in [0.25, 0.3) is 0 Å². The fraction of sp³-hybridized carbons (Fsp3) is 0.417. The maximum Gasteiger partial charge on any atom is 0.0446 e. The van der Waals surface area contributed by atoms with Gasteiger partial charge in [0, 0.05) is 30.7 Å². The van der Waals surface area contributed by atoms with Gasteiger partial charge in [0.05, 0.1) is 0 Å². The number of rotatable bonds is 2. The Morgan fingerprint density at radius 2 is 1.80 bits per heavy atom. The summed E-state index contributed by atoms with van der Waals surface area (Å²) >= 11 is 0. The number of hydrogen-bond donors (Lipinski definition) is 0. The highest BCUT2D eigenvalue weighted by Gasteiger charge is 2.19. The second-order valence-electron chi connectivity index (χ2n) is 3.92. The van der Waals surface area contributed by atoms with E-state index in [9.17, 15) is 9.90 Å². The molecule has 1 saturated heterocycles. The first-order valence-corrected chi connectivity index (χ1v) is 5.28. The molecule has 1 aromatic carbocycles. The lowest BCUT2D eigenvalue weighted by atomic mass is 9.97. The van der Waals surface area contributed by atoms with Gasteiger partial charge in [-0.25, -0.2) is 0 Å². The number of hydrogen-bond acceptors (Lipinski definition) is 3. The fourth-order valence-electron chi connectivity index (χ4n) is 2.01. The largest absolute Gasteiger partial charge is 0.550 e. The average Bonchev–Trinajstić information content (AvgIpc) is 2.30. The molecule has 3 heteroatoms. The third kappa shape index (κ3) is 2.29. The third-order valence-corrected chi connectivity index (χ3v) is 2.95. The van der Waals surface area contributed by atoms with Gasteiger partial charge in [0.2, 0.25) is 0 Å². The lowest BCUT2D eigenvalue weighted by molar-refractivity contribution is -0.312. The number of carbonyl (C=O) groups is 1. The molecule has 0 atom stereocenters. The van der Waals surface area contributed by atoms with Crippen LogP contribution in [-0.2, 0) is 4.79 Å². The molecular weight excluding hydrogens is 190 g/mol. The molecule has 1 heterocycles. The molecule has 15 heavy (non-hydrogen) atoms. The first-order chi connectivity index (χ1) is 7.27. The number of anilines is 1. The molecular formula is C12H14NO2-. The van der Waals surface area contributed by atoms with E-state index in [1.807, 2.05) is 18.2 Å². The molecule has 80 valence electrons. The highest BCUT2D eigenvalue weighted by atomic mass is 16.4. The summed E-state index contributed by atoms with van der Waals surface area (Å²) in [4.78, 5) is 12.9. The van der Waals surface area contributed by atoms with Crippen molar-refractivity contribution in [2.75, 3.05) is 18.0 Å². The minimum absolute atomic E-state index is 0.259. The van der Waals surface area contributed by atoms with E-state index in [2.05, 4.69) is 17.0 Å². The number of carboxylic acids is 1. The predicted molar refractivity (Wildman–Crippen MR) is 56.4 cm³/mol. The number of piperidine rings is 1. The summed E-state index contributed by atoms with van der Waals surface area (Å²) in [6, 6.07) is 10.1. The Labute approximate surface area is 89.3 Å². The molecule has 0 aromatic heterocycles. The zero-order chi connectivity index (χ0) is 10.7. The summed E-state index contributed by atoms with van der Waals surface area (Å²) in [6.07, 6.45) is 1.38. The lowest BCUT2D eigenvalue weighted by Gasteiger charge is -2.33. The molecule has 0 saturated carbocycles. The first kappa shape index (κ1) is 10.0. The van der Waals surface area contributed by atoms with Crippen molar-refractivity contribution in [2.45, 2.75) is 12.8 Å². The van der Waals surface area contributed by atoms with Crippen LogP contribution < -0.4 is 10.0 Å². The Bertz CT molecular complexity index is 329. The molecule has 1 fully saturated rings. The van der Waals surface area contributed by atoms with E-state index < -0.39 is 5.97 Å². The van der Waals surface area contributed by atoms with Gasteiger partial charge < -0.3 is 14.8 Å². The Morgan fingerprint density at radius 3 is 2.33 bits per heavy atom. The van der Waals surface area contributed by atoms with Crippen molar-refractivity contribution >= 4 is 11.7 Å². The van der Waals surface area contributed by atoms with Crippen LogP contribution in [0.15, 0.2) is 30.3 Å². The van der Waals surface area contributed by atoms with Gasteiger partial charge in [-0.05, 0) is 25.0 Å². The smallest absolute Gasteiger partial charge is 0.0446 e. The van der Waals surface area contributed by atoms with Gasteiger partial charge in [-0.1, -0.05) is 18.2 Å². The van der Waals surface area contributed by atoms with E-state index in [1.54, 1.807) is 0 Å². The number of aliphatic carboxylic acids is 1. The molecule has 0 spiro atoms. The number of carboxylic acid groups (broad SMARTS) is 1. The predicted octanol–water partition coefficient (Wildman–Crippen LogP) is 0.653. The van der Waals surface area contributed by atoms with Gasteiger partial charge in [-0.3, -0.25) is 0 Å². The Morgan fingerprint density at radius 1 is 1.20 bits per heavy atom. The molecule has 0 radical (unpaired) electrons. The minimum Gasteiger partial charge on any atom is -0.550 e. The molecule has 0 bridgehead atoms.